The smallest absolute Gasteiger partial charge is 0.202 e. The van der Waals surface area contributed by atoms with Gasteiger partial charge in [0, 0.05) is 25.5 Å². The third-order valence-corrected chi connectivity index (χ3v) is 3.96. The van der Waals surface area contributed by atoms with Crippen molar-refractivity contribution >= 4 is 5.95 Å². The Morgan fingerprint density at radius 3 is 2.93 bits per heavy atom. The molecule has 0 amide bonds. The molecule has 2 rings (SSSR count). The van der Waals surface area contributed by atoms with Gasteiger partial charge in [-0.1, -0.05) is 20.3 Å². The zero-order valence-corrected chi connectivity index (χ0v) is 9.90. The van der Waals surface area contributed by atoms with Crippen molar-refractivity contribution in [2.45, 2.75) is 39.2 Å². The average Bonchev–Trinajstić information content (AvgIpc) is 2.83. The maximum absolute atomic E-state index is 4.32. The highest BCUT2D eigenvalue weighted by molar-refractivity contribution is 5.25. The fourth-order valence-corrected chi connectivity index (χ4v) is 2.97. The lowest BCUT2D eigenvalue weighted by atomic mass is 9.93. The quantitative estimate of drug-likeness (QED) is 0.826. The monoisotopic (exact) mass is 207 g/mol. The highest BCUT2D eigenvalue weighted by atomic mass is 15.2. The summed E-state index contributed by atoms with van der Waals surface area (Å²) in [7, 11) is 1.94. The van der Waals surface area contributed by atoms with Crippen molar-refractivity contribution in [3.05, 3.63) is 12.4 Å². The standard InChI is InChI=1S/C12H21N3/c1-4-10-5-6-11(9(10)2)15-8-7-14-12(15)13-3/h7-11H,4-6H2,1-3H3,(H,13,14). The van der Waals surface area contributed by atoms with E-state index in [0.29, 0.717) is 6.04 Å². The molecule has 1 fully saturated rings. The zero-order chi connectivity index (χ0) is 10.8. The maximum Gasteiger partial charge on any atom is 0.202 e. The van der Waals surface area contributed by atoms with Gasteiger partial charge in [0.2, 0.25) is 5.95 Å². The molecule has 1 aromatic rings. The molecule has 1 aliphatic rings. The molecule has 0 saturated heterocycles. The SMILES string of the molecule is CCC1CCC(n2ccnc2NC)C1C. The Morgan fingerprint density at radius 2 is 2.33 bits per heavy atom. The number of aromatic nitrogens is 2. The second kappa shape index (κ2) is 4.25. The van der Waals surface area contributed by atoms with Crippen LogP contribution in [-0.2, 0) is 0 Å². The fraction of sp³-hybridized carbons (Fsp3) is 0.750. The van der Waals surface area contributed by atoms with Crippen LogP contribution in [0.15, 0.2) is 12.4 Å². The van der Waals surface area contributed by atoms with Crippen LogP contribution in [-0.4, -0.2) is 16.6 Å². The predicted octanol–water partition coefficient (Wildman–Crippen LogP) is 2.92. The third-order valence-electron chi connectivity index (χ3n) is 3.96. The lowest BCUT2D eigenvalue weighted by Gasteiger charge is -2.22. The van der Waals surface area contributed by atoms with Gasteiger partial charge in [-0.2, -0.15) is 0 Å². The van der Waals surface area contributed by atoms with Gasteiger partial charge in [-0.15, -0.1) is 0 Å². The van der Waals surface area contributed by atoms with Crippen LogP contribution < -0.4 is 5.32 Å². The zero-order valence-electron chi connectivity index (χ0n) is 9.90. The second-order valence-corrected chi connectivity index (χ2v) is 4.58. The number of rotatable bonds is 3. The van der Waals surface area contributed by atoms with Gasteiger partial charge in [-0.3, -0.25) is 0 Å². The Labute approximate surface area is 91.9 Å². The number of anilines is 1. The van der Waals surface area contributed by atoms with Crippen LogP contribution in [0.3, 0.4) is 0 Å². The molecular formula is C12H21N3. The van der Waals surface area contributed by atoms with Gasteiger partial charge in [-0.05, 0) is 24.7 Å². The summed E-state index contributed by atoms with van der Waals surface area (Å²) in [6, 6.07) is 0.639. The Bertz CT molecular complexity index is 318. The van der Waals surface area contributed by atoms with Crippen molar-refractivity contribution < 1.29 is 0 Å². The number of hydrogen-bond acceptors (Lipinski definition) is 2. The number of hydrogen-bond donors (Lipinski definition) is 1. The van der Waals surface area contributed by atoms with Gasteiger partial charge < -0.3 is 9.88 Å². The summed E-state index contributed by atoms with van der Waals surface area (Å²) in [6.45, 7) is 4.68. The highest BCUT2D eigenvalue weighted by Gasteiger charge is 2.33. The van der Waals surface area contributed by atoms with Crippen molar-refractivity contribution in [2.24, 2.45) is 11.8 Å². The van der Waals surface area contributed by atoms with E-state index < -0.39 is 0 Å². The Balaban J connectivity index is 2.18. The lowest BCUT2D eigenvalue weighted by Crippen LogP contribution is -2.16. The molecule has 3 heteroatoms. The van der Waals surface area contributed by atoms with Crippen LogP contribution in [0.4, 0.5) is 5.95 Å². The number of nitrogens with one attached hydrogen (secondary N) is 1. The molecule has 84 valence electrons. The van der Waals surface area contributed by atoms with Gasteiger partial charge in [-0.25, -0.2) is 4.98 Å². The van der Waals surface area contributed by atoms with Crippen molar-refractivity contribution in [3.63, 3.8) is 0 Å². The molecule has 1 aromatic heterocycles. The van der Waals surface area contributed by atoms with Crippen LogP contribution in [0.5, 0.6) is 0 Å². The Hall–Kier alpha value is -0.990. The lowest BCUT2D eigenvalue weighted by molar-refractivity contribution is 0.331. The van der Waals surface area contributed by atoms with Gasteiger partial charge in [0.15, 0.2) is 0 Å². The first kappa shape index (κ1) is 10.5. The first-order chi connectivity index (χ1) is 7.27. The minimum absolute atomic E-state index is 0.639. The molecule has 1 N–H and O–H groups in total. The summed E-state index contributed by atoms with van der Waals surface area (Å²) in [5, 5.41) is 3.16. The van der Waals surface area contributed by atoms with Crippen LogP contribution in [0, 0.1) is 11.8 Å². The number of nitrogens with zero attached hydrogens (tertiary/aromatic N) is 2. The van der Waals surface area contributed by atoms with E-state index >= 15 is 0 Å². The molecule has 0 spiro atoms. The van der Waals surface area contributed by atoms with Crippen LogP contribution in [0.1, 0.15) is 39.2 Å². The normalized spacial score (nSPS) is 30.7. The van der Waals surface area contributed by atoms with Gasteiger partial charge >= 0.3 is 0 Å². The van der Waals surface area contributed by atoms with Crippen LogP contribution >= 0.6 is 0 Å². The van der Waals surface area contributed by atoms with E-state index in [4.69, 9.17) is 0 Å². The first-order valence-electron chi connectivity index (χ1n) is 5.98. The highest BCUT2D eigenvalue weighted by Crippen LogP contribution is 2.42. The van der Waals surface area contributed by atoms with Gasteiger partial charge in [0.05, 0.1) is 0 Å². The molecule has 3 unspecified atom stereocenters. The third kappa shape index (κ3) is 1.75. The van der Waals surface area contributed by atoms with Crippen molar-refractivity contribution in [3.8, 4) is 0 Å². The molecule has 3 nitrogen and oxygen atoms in total. The molecule has 0 aromatic carbocycles. The number of imidazole rings is 1. The van der Waals surface area contributed by atoms with E-state index in [9.17, 15) is 0 Å². The second-order valence-electron chi connectivity index (χ2n) is 4.58. The largest absolute Gasteiger partial charge is 0.359 e. The van der Waals surface area contributed by atoms with E-state index in [2.05, 4.69) is 34.9 Å². The summed E-state index contributed by atoms with van der Waals surface area (Å²) in [5.74, 6) is 2.67. The summed E-state index contributed by atoms with van der Waals surface area (Å²) in [5.41, 5.74) is 0. The van der Waals surface area contributed by atoms with E-state index in [1.165, 1.54) is 19.3 Å². The first-order valence-corrected chi connectivity index (χ1v) is 5.98. The molecule has 15 heavy (non-hydrogen) atoms. The maximum atomic E-state index is 4.32. The fourth-order valence-electron chi connectivity index (χ4n) is 2.97. The minimum atomic E-state index is 0.639. The molecule has 3 atom stereocenters. The van der Waals surface area contributed by atoms with Gasteiger partial charge in [0.25, 0.3) is 0 Å². The van der Waals surface area contributed by atoms with E-state index in [-0.39, 0.29) is 0 Å². The molecule has 1 aliphatic carbocycles. The van der Waals surface area contributed by atoms with E-state index in [1.54, 1.807) is 0 Å². The molecule has 1 saturated carbocycles. The van der Waals surface area contributed by atoms with Crippen molar-refractivity contribution in [2.75, 3.05) is 12.4 Å². The summed E-state index contributed by atoms with van der Waals surface area (Å²) in [6.07, 6.45) is 7.96. The summed E-state index contributed by atoms with van der Waals surface area (Å²) < 4.78 is 2.31. The van der Waals surface area contributed by atoms with Crippen molar-refractivity contribution in [1.82, 2.24) is 9.55 Å². The van der Waals surface area contributed by atoms with Crippen LogP contribution in [0.2, 0.25) is 0 Å². The molecule has 0 aliphatic heterocycles. The average molecular weight is 207 g/mol. The van der Waals surface area contributed by atoms with Crippen LogP contribution in [0.25, 0.3) is 0 Å². The molecule has 0 bridgehead atoms. The van der Waals surface area contributed by atoms with E-state index in [0.717, 1.165) is 17.8 Å². The molecular weight excluding hydrogens is 186 g/mol. The Kier molecular flexibility index (Phi) is 2.98. The molecule has 0 radical (unpaired) electrons. The topological polar surface area (TPSA) is 29.9 Å². The van der Waals surface area contributed by atoms with Crippen molar-refractivity contribution in [1.29, 1.82) is 0 Å². The van der Waals surface area contributed by atoms with E-state index in [1.807, 2.05) is 13.2 Å². The Morgan fingerprint density at radius 1 is 1.53 bits per heavy atom. The predicted molar refractivity (Wildman–Crippen MR) is 63.0 cm³/mol. The summed E-state index contributed by atoms with van der Waals surface area (Å²) >= 11 is 0. The van der Waals surface area contributed by atoms with Gasteiger partial charge in [0.1, 0.15) is 0 Å². The minimum Gasteiger partial charge on any atom is -0.359 e. The molecule has 1 heterocycles. The summed E-state index contributed by atoms with van der Waals surface area (Å²) in [4.78, 5) is 4.32.